The number of benzene rings is 2. The minimum Gasteiger partial charge on any atom is -0.497 e. The second-order valence-corrected chi connectivity index (χ2v) is 15.6. The van der Waals surface area contributed by atoms with E-state index in [-0.39, 0.29) is 17.5 Å². The first kappa shape index (κ1) is 27.9. The summed E-state index contributed by atoms with van der Waals surface area (Å²) in [5.74, 6) is 1.28. The van der Waals surface area contributed by atoms with Crippen LogP contribution < -0.4 is 9.47 Å². The van der Waals surface area contributed by atoms with Crippen LogP contribution in [0.5, 0.6) is 11.5 Å². The maximum Gasteiger partial charge on any atom is 0.192 e. The van der Waals surface area contributed by atoms with Gasteiger partial charge in [-0.05, 0) is 54.4 Å². The van der Waals surface area contributed by atoms with Gasteiger partial charge in [0.05, 0.1) is 38.6 Å². The number of methoxy groups -OCH3 is 2. The molecule has 2 aromatic carbocycles. The van der Waals surface area contributed by atoms with Gasteiger partial charge in [0.25, 0.3) is 0 Å². The maximum absolute atomic E-state index is 15.7. The minimum absolute atomic E-state index is 0.0688. The van der Waals surface area contributed by atoms with Gasteiger partial charge >= 0.3 is 0 Å². The highest BCUT2D eigenvalue weighted by atomic mass is 28.4. The lowest BCUT2D eigenvalue weighted by molar-refractivity contribution is 0.263. The molecule has 1 heterocycles. The fraction of sp³-hybridized carbons (Fsp3) is 0.483. The SMILES string of the molecule is CCCC(=NCc1ccc(OC)cc1OC)c1ccc2c(c1)c(F)c(CO[Si](C)(C)C(C)(C)C)n2C. The number of aromatic nitrogens is 1. The van der Waals surface area contributed by atoms with Gasteiger partial charge in [-0.2, -0.15) is 0 Å². The van der Waals surface area contributed by atoms with Crippen LogP contribution in [0.25, 0.3) is 10.9 Å². The highest BCUT2D eigenvalue weighted by Gasteiger charge is 2.37. The van der Waals surface area contributed by atoms with Gasteiger partial charge in [-0.25, -0.2) is 4.39 Å². The van der Waals surface area contributed by atoms with Gasteiger partial charge in [0, 0.05) is 29.8 Å². The molecule has 0 spiro atoms. The molecule has 0 radical (unpaired) electrons. The molecule has 36 heavy (non-hydrogen) atoms. The third-order valence-electron chi connectivity index (χ3n) is 7.38. The molecule has 0 saturated carbocycles. The molecule has 7 heteroatoms. The van der Waals surface area contributed by atoms with Crippen molar-refractivity contribution in [3.8, 4) is 11.5 Å². The summed E-state index contributed by atoms with van der Waals surface area (Å²) in [6.07, 6.45) is 1.75. The Labute approximate surface area is 216 Å². The Morgan fingerprint density at radius 2 is 1.78 bits per heavy atom. The van der Waals surface area contributed by atoms with Gasteiger partial charge in [-0.15, -0.1) is 0 Å². The zero-order chi connectivity index (χ0) is 26.7. The van der Waals surface area contributed by atoms with E-state index >= 15 is 4.39 Å². The summed E-state index contributed by atoms with van der Waals surface area (Å²) in [6.45, 7) is 13.8. The molecular formula is C29H41FN2O3Si. The van der Waals surface area contributed by atoms with Crippen molar-refractivity contribution in [1.29, 1.82) is 0 Å². The number of aryl methyl sites for hydroxylation is 1. The molecule has 5 nitrogen and oxygen atoms in total. The van der Waals surface area contributed by atoms with Gasteiger partial charge in [-0.3, -0.25) is 4.99 Å². The average molecular weight is 513 g/mol. The van der Waals surface area contributed by atoms with Crippen molar-refractivity contribution in [3.05, 3.63) is 59.0 Å². The molecule has 3 rings (SSSR count). The van der Waals surface area contributed by atoms with Crippen molar-refractivity contribution in [3.63, 3.8) is 0 Å². The zero-order valence-electron chi connectivity index (χ0n) is 23.3. The molecule has 0 atom stereocenters. The Hall–Kier alpha value is -2.64. The normalized spacial score (nSPS) is 12.9. The van der Waals surface area contributed by atoms with Crippen LogP contribution in [0.3, 0.4) is 0 Å². The second-order valence-electron chi connectivity index (χ2n) is 10.8. The van der Waals surface area contributed by atoms with E-state index in [9.17, 15) is 0 Å². The molecule has 0 fully saturated rings. The predicted octanol–water partition coefficient (Wildman–Crippen LogP) is 7.65. The van der Waals surface area contributed by atoms with E-state index in [1.165, 1.54) is 0 Å². The molecule has 0 amide bonds. The first-order valence-electron chi connectivity index (χ1n) is 12.6. The van der Waals surface area contributed by atoms with E-state index in [0.717, 1.165) is 46.7 Å². The van der Waals surface area contributed by atoms with Crippen molar-refractivity contribution in [2.45, 2.75) is 71.8 Å². The Morgan fingerprint density at radius 1 is 1.06 bits per heavy atom. The fourth-order valence-corrected chi connectivity index (χ4v) is 4.90. The number of halogens is 1. The Kier molecular flexibility index (Phi) is 8.67. The van der Waals surface area contributed by atoms with Crippen molar-refractivity contribution in [1.82, 2.24) is 4.57 Å². The Morgan fingerprint density at radius 3 is 2.39 bits per heavy atom. The monoisotopic (exact) mass is 512 g/mol. The third kappa shape index (κ3) is 5.84. The van der Waals surface area contributed by atoms with Gasteiger partial charge in [0.1, 0.15) is 11.5 Å². The lowest BCUT2D eigenvalue weighted by Crippen LogP contribution is -2.40. The summed E-state index contributed by atoms with van der Waals surface area (Å²) >= 11 is 0. The number of fused-ring (bicyclic) bond motifs is 1. The summed E-state index contributed by atoms with van der Waals surface area (Å²) in [5.41, 5.74) is 4.32. The summed E-state index contributed by atoms with van der Waals surface area (Å²) in [6, 6.07) is 11.7. The van der Waals surface area contributed by atoms with E-state index in [1.54, 1.807) is 14.2 Å². The molecule has 0 aliphatic rings. The van der Waals surface area contributed by atoms with Crippen LogP contribution in [-0.4, -0.2) is 32.8 Å². The number of ether oxygens (including phenoxy) is 2. The predicted molar refractivity (Wildman–Crippen MR) is 150 cm³/mol. The molecule has 0 bridgehead atoms. The number of hydrogen-bond acceptors (Lipinski definition) is 4. The van der Waals surface area contributed by atoms with Gasteiger partial charge < -0.3 is 18.5 Å². The van der Waals surface area contributed by atoms with Crippen molar-refractivity contribution in [2.24, 2.45) is 12.0 Å². The maximum atomic E-state index is 15.7. The van der Waals surface area contributed by atoms with Crippen molar-refractivity contribution < 1.29 is 18.3 Å². The summed E-state index contributed by atoms with van der Waals surface area (Å²) in [4.78, 5) is 4.93. The van der Waals surface area contributed by atoms with E-state index in [2.05, 4.69) is 40.8 Å². The third-order valence-corrected chi connectivity index (χ3v) is 11.9. The van der Waals surface area contributed by atoms with E-state index in [0.29, 0.717) is 17.6 Å². The smallest absolute Gasteiger partial charge is 0.192 e. The second kappa shape index (κ2) is 11.2. The Balaban J connectivity index is 1.94. The zero-order valence-corrected chi connectivity index (χ0v) is 24.3. The molecule has 0 N–H and O–H groups in total. The summed E-state index contributed by atoms with van der Waals surface area (Å²) in [5, 5.41) is 0.675. The van der Waals surface area contributed by atoms with Gasteiger partial charge in [-0.1, -0.05) is 40.2 Å². The molecule has 1 aromatic heterocycles. The van der Waals surface area contributed by atoms with E-state index < -0.39 is 8.32 Å². The number of aliphatic imine (C=N–C) groups is 1. The average Bonchev–Trinajstić information content (AvgIpc) is 3.08. The van der Waals surface area contributed by atoms with E-state index in [4.69, 9.17) is 18.9 Å². The van der Waals surface area contributed by atoms with Crippen LogP contribution in [-0.2, 0) is 24.6 Å². The van der Waals surface area contributed by atoms with E-state index in [1.807, 2.05) is 48.0 Å². The number of nitrogens with zero attached hydrogens (tertiary/aromatic N) is 2. The van der Waals surface area contributed by atoms with Crippen LogP contribution in [0, 0.1) is 5.82 Å². The molecule has 0 aliphatic carbocycles. The first-order valence-corrected chi connectivity index (χ1v) is 15.5. The lowest BCUT2D eigenvalue weighted by atomic mass is 10.0. The molecule has 196 valence electrons. The number of rotatable bonds is 10. The molecule has 0 unspecified atom stereocenters. The summed E-state index contributed by atoms with van der Waals surface area (Å²) in [7, 11) is 3.19. The highest BCUT2D eigenvalue weighted by molar-refractivity contribution is 6.74. The first-order chi connectivity index (χ1) is 16.9. The van der Waals surface area contributed by atoms with Crippen LogP contribution in [0.1, 0.15) is 57.4 Å². The topological polar surface area (TPSA) is 45.0 Å². The fourth-order valence-electron chi connectivity index (χ4n) is 3.97. The van der Waals surface area contributed by atoms with Crippen molar-refractivity contribution >= 4 is 24.9 Å². The Bertz CT molecular complexity index is 1240. The van der Waals surface area contributed by atoms with Gasteiger partial charge in [0.15, 0.2) is 14.1 Å². The molecule has 0 saturated heterocycles. The minimum atomic E-state index is -2.00. The largest absolute Gasteiger partial charge is 0.497 e. The standard InChI is InChI=1S/C29H41FN2O3Si/c1-10-11-24(31-18-21-12-14-22(33-6)17-27(21)34-7)20-13-15-25-23(16-20)28(30)26(32(25)5)19-35-36(8,9)29(2,3)4/h12-17H,10-11,18-19H2,1-9H3. The van der Waals surface area contributed by atoms with Crippen molar-refractivity contribution in [2.75, 3.05) is 14.2 Å². The molecule has 3 aromatic rings. The molecular weight excluding hydrogens is 471 g/mol. The van der Waals surface area contributed by atoms with Crippen LogP contribution in [0.2, 0.25) is 18.1 Å². The number of hydrogen-bond donors (Lipinski definition) is 0. The summed E-state index contributed by atoms with van der Waals surface area (Å²) < 4.78 is 34.8. The van der Waals surface area contributed by atoms with Crippen LogP contribution in [0.4, 0.5) is 4.39 Å². The van der Waals surface area contributed by atoms with Crippen LogP contribution in [0.15, 0.2) is 41.4 Å². The highest BCUT2D eigenvalue weighted by Crippen LogP contribution is 2.38. The van der Waals surface area contributed by atoms with Crippen LogP contribution >= 0.6 is 0 Å². The van der Waals surface area contributed by atoms with Gasteiger partial charge in [0.2, 0.25) is 0 Å². The molecule has 0 aliphatic heterocycles. The lowest BCUT2D eigenvalue weighted by Gasteiger charge is -2.36. The quantitative estimate of drug-likeness (QED) is 0.207.